The number of likely N-dealkylation sites (tertiary alicyclic amines) is 1. The molecule has 0 amide bonds. The van der Waals surface area contributed by atoms with Gasteiger partial charge in [0, 0.05) is 30.6 Å². The molecule has 202 valence electrons. The van der Waals surface area contributed by atoms with Crippen LogP contribution in [0, 0.1) is 5.92 Å². The number of rotatable bonds is 7. The third-order valence-electron chi connectivity index (χ3n) is 7.63. The van der Waals surface area contributed by atoms with Gasteiger partial charge in [-0.25, -0.2) is 9.78 Å². The maximum absolute atomic E-state index is 13.1. The molecule has 2 aliphatic rings. The second-order valence-corrected chi connectivity index (χ2v) is 10.8. The Hall–Kier alpha value is -3.08. The molecule has 0 aliphatic carbocycles. The standard InChI is InChI=1S/C27H30N4O5S.ClH/c1-34-18-6-5-7-19-22(18)17-10-13-30(14-16(17)15-36-19)11-3-4-12-31-26(32)25-24(29-27(31)33)23-20(37-25)8-9-21(28-23)35-2;/h5-9,16-17H,3-4,10-15H2,1-2H3,(H,29,33);1H/t16-,17+;/m0./s1. The number of hydrogen-bond donors (Lipinski definition) is 1. The fourth-order valence-electron chi connectivity index (χ4n) is 5.79. The van der Waals surface area contributed by atoms with E-state index in [-0.39, 0.29) is 18.0 Å². The molecular formula is C27H31ClN4O5S. The minimum absolute atomic E-state index is 0. The number of pyridine rings is 1. The van der Waals surface area contributed by atoms with Gasteiger partial charge in [-0.15, -0.1) is 23.7 Å². The van der Waals surface area contributed by atoms with Crippen molar-refractivity contribution in [1.29, 1.82) is 0 Å². The molecule has 38 heavy (non-hydrogen) atoms. The van der Waals surface area contributed by atoms with E-state index in [4.69, 9.17) is 14.2 Å². The van der Waals surface area contributed by atoms with Crippen molar-refractivity contribution < 1.29 is 14.2 Å². The molecule has 3 aromatic heterocycles. The zero-order valence-electron chi connectivity index (χ0n) is 21.4. The molecule has 11 heteroatoms. The highest BCUT2D eigenvalue weighted by Gasteiger charge is 2.37. The number of hydrogen-bond acceptors (Lipinski definition) is 8. The summed E-state index contributed by atoms with van der Waals surface area (Å²) in [7, 11) is 3.26. The molecule has 5 heterocycles. The number of unbranched alkanes of at least 4 members (excludes halogenated alkanes) is 1. The quantitative estimate of drug-likeness (QED) is 0.342. The van der Waals surface area contributed by atoms with Crippen LogP contribution < -0.4 is 25.5 Å². The van der Waals surface area contributed by atoms with Gasteiger partial charge < -0.3 is 24.1 Å². The summed E-state index contributed by atoms with van der Waals surface area (Å²) >= 11 is 1.35. The Morgan fingerprint density at radius 1 is 1.13 bits per heavy atom. The molecule has 1 saturated heterocycles. The maximum Gasteiger partial charge on any atom is 0.328 e. The predicted molar refractivity (Wildman–Crippen MR) is 151 cm³/mol. The molecule has 0 saturated carbocycles. The normalized spacial score (nSPS) is 18.9. The van der Waals surface area contributed by atoms with E-state index in [0.717, 1.165) is 61.7 Å². The van der Waals surface area contributed by atoms with Crippen LogP contribution in [0.1, 0.15) is 30.7 Å². The van der Waals surface area contributed by atoms with Gasteiger partial charge in [0.25, 0.3) is 5.56 Å². The Labute approximate surface area is 229 Å². The second-order valence-electron chi connectivity index (χ2n) is 9.74. The molecule has 9 nitrogen and oxygen atoms in total. The molecule has 4 aromatic rings. The highest BCUT2D eigenvalue weighted by molar-refractivity contribution is 7.25. The first-order chi connectivity index (χ1) is 18.1. The summed E-state index contributed by atoms with van der Waals surface area (Å²) < 4.78 is 19.6. The lowest BCUT2D eigenvalue weighted by Crippen LogP contribution is -2.44. The Bertz CT molecular complexity index is 1570. The Balaban J connectivity index is 0.00000294. The van der Waals surface area contributed by atoms with E-state index in [0.29, 0.717) is 40.0 Å². The number of piperidine rings is 1. The van der Waals surface area contributed by atoms with E-state index >= 15 is 0 Å². The summed E-state index contributed by atoms with van der Waals surface area (Å²) in [5, 5.41) is 0. The van der Waals surface area contributed by atoms with E-state index in [1.807, 2.05) is 24.3 Å². The number of fused-ring (bicyclic) bond motifs is 6. The van der Waals surface area contributed by atoms with Gasteiger partial charge in [-0.05, 0) is 56.5 Å². The van der Waals surface area contributed by atoms with Crippen LogP contribution in [0.15, 0.2) is 39.9 Å². The molecule has 0 radical (unpaired) electrons. The van der Waals surface area contributed by atoms with Gasteiger partial charge in [-0.2, -0.15) is 0 Å². The van der Waals surface area contributed by atoms with Crippen molar-refractivity contribution in [3.05, 3.63) is 56.7 Å². The lowest BCUT2D eigenvalue weighted by atomic mass is 9.78. The number of aromatic amines is 1. The summed E-state index contributed by atoms with van der Waals surface area (Å²) in [5.41, 5.74) is 1.64. The fraction of sp³-hybridized carbons (Fsp3) is 0.444. The third kappa shape index (κ3) is 4.65. The van der Waals surface area contributed by atoms with Crippen molar-refractivity contribution in [2.45, 2.75) is 31.7 Å². The molecule has 0 bridgehead atoms. The van der Waals surface area contributed by atoms with Gasteiger partial charge in [0.2, 0.25) is 5.88 Å². The average Bonchev–Trinajstić information content (AvgIpc) is 3.29. The van der Waals surface area contributed by atoms with Crippen LogP contribution in [0.5, 0.6) is 17.4 Å². The first-order valence-corrected chi connectivity index (χ1v) is 13.5. The van der Waals surface area contributed by atoms with Crippen LogP contribution in [0.3, 0.4) is 0 Å². The minimum atomic E-state index is -0.394. The summed E-state index contributed by atoms with van der Waals surface area (Å²) in [4.78, 5) is 35.7. The molecule has 2 atom stereocenters. The number of halogens is 1. The molecule has 2 aliphatic heterocycles. The number of methoxy groups -OCH3 is 2. The molecule has 0 unspecified atom stereocenters. The summed E-state index contributed by atoms with van der Waals surface area (Å²) in [6.45, 7) is 4.05. The predicted octanol–water partition coefficient (Wildman–Crippen LogP) is 4.02. The van der Waals surface area contributed by atoms with Crippen LogP contribution in [-0.2, 0) is 6.54 Å². The number of nitrogens with zero attached hydrogens (tertiary/aromatic N) is 3. The summed E-state index contributed by atoms with van der Waals surface area (Å²) in [5.74, 6) is 3.21. The van der Waals surface area contributed by atoms with E-state index in [1.165, 1.54) is 21.5 Å². The largest absolute Gasteiger partial charge is 0.496 e. The third-order valence-corrected chi connectivity index (χ3v) is 8.76. The number of aromatic nitrogens is 3. The molecular weight excluding hydrogens is 528 g/mol. The second kappa shape index (κ2) is 11.0. The number of ether oxygens (including phenoxy) is 3. The average molecular weight is 559 g/mol. The van der Waals surface area contributed by atoms with E-state index < -0.39 is 5.69 Å². The van der Waals surface area contributed by atoms with Crippen molar-refractivity contribution in [1.82, 2.24) is 19.4 Å². The number of benzene rings is 1. The van der Waals surface area contributed by atoms with Crippen molar-refractivity contribution >= 4 is 44.2 Å². The molecule has 0 spiro atoms. The molecule has 6 rings (SSSR count). The smallest absolute Gasteiger partial charge is 0.328 e. The van der Waals surface area contributed by atoms with Gasteiger partial charge in [0.15, 0.2) is 0 Å². The van der Waals surface area contributed by atoms with Crippen LogP contribution in [0.2, 0.25) is 0 Å². The van der Waals surface area contributed by atoms with Crippen molar-refractivity contribution in [3.8, 4) is 17.4 Å². The topological polar surface area (TPSA) is 98.7 Å². The zero-order chi connectivity index (χ0) is 25.5. The lowest BCUT2D eigenvalue weighted by molar-refractivity contribution is 0.0902. The van der Waals surface area contributed by atoms with Gasteiger partial charge >= 0.3 is 5.69 Å². The molecule has 1 N–H and O–H groups in total. The Morgan fingerprint density at radius 2 is 1.97 bits per heavy atom. The van der Waals surface area contributed by atoms with Crippen molar-refractivity contribution in [2.75, 3.05) is 40.5 Å². The summed E-state index contributed by atoms with van der Waals surface area (Å²) in [6.07, 6.45) is 2.73. The number of thiophene rings is 1. The number of nitrogens with one attached hydrogen (secondary N) is 1. The number of H-pyrrole nitrogens is 1. The summed E-state index contributed by atoms with van der Waals surface area (Å²) in [6, 6.07) is 9.66. The molecule has 1 fully saturated rings. The maximum atomic E-state index is 13.1. The van der Waals surface area contributed by atoms with Crippen LogP contribution >= 0.6 is 23.7 Å². The van der Waals surface area contributed by atoms with Crippen LogP contribution in [0.25, 0.3) is 20.4 Å². The van der Waals surface area contributed by atoms with Gasteiger partial charge in [0.1, 0.15) is 21.7 Å². The van der Waals surface area contributed by atoms with E-state index in [2.05, 4.69) is 14.9 Å². The van der Waals surface area contributed by atoms with E-state index in [1.54, 1.807) is 20.3 Å². The van der Waals surface area contributed by atoms with E-state index in [9.17, 15) is 9.59 Å². The van der Waals surface area contributed by atoms with Crippen LogP contribution in [-0.4, -0.2) is 59.9 Å². The first-order valence-electron chi connectivity index (χ1n) is 12.7. The highest BCUT2D eigenvalue weighted by atomic mass is 35.5. The Kier molecular flexibility index (Phi) is 7.65. The van der Waals surface area contributed by atoms with Gasteiger partial charge in [0.05, 0.1) is 31.0 Å². The van der Waals surface area contributed by atoms with Gasteiger partial charge in [-0.3, -0.25) is 9.36 Å². The van der Waals surface area contributed by atoms with Crippen molar-refractivity contribution in [2.24, 2.45) is 5.92 Å². The monoisotopic (exact) mass is 558 g/mol. The Morgan fingerprint density at radius 3 is 2.79 bits per heavy atom. The molecule has 1 aromatic carbocycles. The van der Waals surface area contributed by atoms with Crippen LogP contribution in [0.4, 0.5) is 0 Å². The van der Waals surface area contributed by atoms with Crippen molar-refractivity contribution in [3.63, 3.8) is 0 Å². The lowest BCUT2D eigenvalue weighted by Gasteiger charge is -2.42. The SMILES string of the molecule is COc1ccc2sc3c(=O)n(CCCCN4CC[C@H]5c6c(OC)cccc6OC[C@@H]5C4)c(=O)[nH]c3c2n1.Cl. The minimum Gasteiger partial charge on any atom is -0.496 e. The highest BCUT2D eigenvalue weighted by Crippen LogP contribution is 2.46. The first kappa shape index (κ1) is 26.5. The van der Waals surface area contributed by atoms with Gasteiger partial charge in [-0.1, -0.05) is 6.07 Å². The fourth-order valence-corrected chi connectivity index (χ4v) is 6.83. The zero-order valence-corrected chi connectivity index (χ0v) is 23.0.